The molecule has 3 rings (SSSR count). The van der Waals surface area contributed by atoms with E-state index < -0.39 is 192 Å². The fourth-order valence-electron chi connectivity index (χ4n) is 10.1. The average Bonchev–Trinajstić information content (AvgIpc) is 0.820. The summed E-state index contributed by atoms with van der Waals surface area (Å²) in [5, 5.41) is 68.5. The van der Waals surface area contributed by atoms with Crippen LogP contribution >= 0.6 is 0 Å². The van der Waals surface area contributed by atoms with E-state index in [0.29, 0.717) is 5.56 Å². The van der Waals surface area contributed by atoms with Crippen molar-refractivity contribution in [3.63, 3.8) is 0 Å². The first kappa shape index (κ1) is 83.0. The van der Waals surface area contributed by atoms with Crippen LogP contribution in [0.2, 0.25) is 0 Å². The minimum Gasteiger partial charge on any atom is -0.493 e. The third kappa shape index (κ3) is 26.0. The number of amides is 11. The van der Waals surface area contributed by atoms with E-state index in [2.05, 4.69) is 47.5 Å². The van der Waals surface area contributed by atoms with Crippen molar-refractivity contribution in [3.8, 4) is 11.5 Å². The SMILES string of the molecule is CC[C@H](C)[C@@H]1NC(=O)[C@@H](CCCN=C(N)N)NC(=O)[C@H](CC(C)C)NC(=O)[C@H]([C@H](O)C(C)C)NC(=O)[C@@H](NC(=O)[C@H](Cc2ccc(OC)c(OC)c2)NC(=O)[C@H](N)CC(C)(C)C)[C@@H](c2ccccc2)OC(=O)[C@H](CO)NC(=O)[C@H]([C@H](O)C(N)=O)NC(=O)CNC(=O)[C@H]([C@H](C)O)NC1=O. The van der Waals surface area contributed by atoms with Gasteiger partial charge in [-0.3, -0.25) is 57.7 Å². The lowest BCUT2D eigenvalue weighted by molar-refractivity contribution is -0.159. The van der Waals surface area contributed by atoms with Crippen LogP contribution in [0.15, 0.2) is 53.5 Å². The average molecular weight is 1380 g/mol. The Morgan fingerprint density at radius 2 is 1.27 bits per heavy atom. The maximum absolute atomic E-state index is 15.6. The van der Waals surface area contributed by atoms with Gasteiger partial charge in [-0.1, -0.05) is 105 Å². The summed E-state index contributed by atoms with van der Waals surface area (Å²) < 4.78 is 16.9. The number of cyclic esters (lactones) is 1. The Kier molecular flexibility index (Phi) is 33.2. The summed E-state index contributed by atoms with van der Waals surface area (Å²) in [6, 6.07) is -6.90. The molecule has 546 valence electrons. The fraction of sp³-hybridized carbons (Fsp3) is 0.609. The highest BCUT2D eigenvalue weighted by Crippen LogP contribution is 2.29. The van der Waals surface area contributed by atoms with Gasteiger partial charge < -0.3 is 111 Å². The van der Waals surface area contributed by atoms with Crippen LogP contribution in [-0.2, 0) is 68.7 Å². The van der Waals surface area contributed by atoms with Crippen LogP contribution in [0.3, 0.4) is 0 Å². The highest BCUT2D eigenvalue weighted by atomic mass is 16.5. The Morgan fingerprint density at radius 3 is 1.82 bits per heavy atom. The van der Waals surface area contributed by atoms with Crippen LogP contribution in [0, 0.1) is 23.2 Å². The van der Waals surface area contributed by atoms with Gasteiger partial charge in [-0.2, -0.15) is 0 Å². The van der Waals surface area contributed by atoms with Crippen molar-refractivity contribution in [1.82, 2.24) is 53.2 Å². The molecule has 98 heavy (non-hydrogen) atoms. The van der Waals surface area contributed by atoms with Crippen LogP contribution in [0.5, 0.6) is 11.5 Å². The molecule has 1 aliphatic rings. The normalized spacial score (nSPS) is 23.6. The quantitative estimate of drug-likeness (QED) is 0.0203. The van der Waals surface area contributed by atoms with Crippen molar-refractivity contribution in [2.75, 3.05) is 33.9 Å². The number of benzene rings is 2. The first-order chi connectivity index (χ1) is 45.9. The summed E-state index contributed by atoms with van der Waals surface area (Å²) in [5.74, 6) is -16.8. The van der Waals surface area contributed by atoms with Crippen molar-refractivity contribution < 1.29 is 92.2 Å². The number of nitrogens with zero attached hydrogens (tertiary/aromatic N) is 1. The van der Waals surface area contributed by atoms with Gasteiger partial charge in [-0.25, -0.2) is 4.79 Å². The number of carbonyl (C=O) groups is 12. The molecule has 2 aromatic carbocycles. The summed E-state index contributed by atoms with van der Waals surface area (Å²) in [6.07, 6.45) is -8.67. The van der Waals surface area contributed by atoms with E-state index >= 15 is 14.4 Å². The van der Waals surface area contributed by atoms with E-state index in [1.54, 1.807) is 33.8 Å². The minimum absolute atomic E-state index is 0.0306. The molecule has 11 amide bonds. The lowest BCUT2D eigenvalue weighted by Gasteiger charge is -2.33. The molecule has 34 heteroatoms. The van der Waals surface area contributed by atoms with Crippen LogP contribution in [-0.4, -0.2) is 210 Å². The molecule has 0 unspecified atom stereocenters. The molecule has 2 aromatic rings. The molecule has 1 saturated heterocycles. The van der Waals surface area contributed by atoms with Crippen LogP contribution in [0.4, 0.5) is 0 Å². The van der Waals surface area contributed by atoms with E-state index in [-0.39, 0.29) is 68.1 Å². The number of methoxy groups -OCH3 is 2. The van der Waals surface area contributed by atoms with Crippen molar-refractivity contribution in [2.45, 2.75) is 193 Å². The van der Waals surface area contributed by atoms with E-state index in [9.17, 15) is 63.6 Å². The second-order valence-electron chi connectivity index (χ2n) is 26.0. The van der Waals surface area contributed by atoms with Crippen LogP contribution < -0.4 is 85.6 Å². The number of guanidine groups is 1. The zero-order valence-corrected chi connectivity index (χ0v) is 57.5. The van der Waals surface area contributed by atoms with Gasteiger partial charge in [0.05, 0.1) is 45.6 Å². The zero-order valence-electron chi connectivity index (χ0n) is 57.5. The molecule has 0 bridgehead atoms. The zero-order chi connectivity index (χ0) is 74.1. The number of rotatable bonds is 24. The molecular weight excluding hydrogens is 1280 g/mol. The Hall–Kier alpha value is -9.25. The highest BCUT2D eigenvalue weighted by Gasteiger charge is 2.44. The van der Waals surface area contributed by atoms with Gasteiger partial charge in [0.1, 0.15) is 48.3 Å². The molecular formula is C64H101N15O19. The predicted octanol–water partition coefficient (Wildman–Crippen LogP) is -4.83. The molecule has 0 aliphatic carbocycles. The third-order valence-corrected chi connectivity index (χ3v) is 15.7. The summed E-state index contributed by atoms with van der Waals surface area (Å²) in [6.45, 7) is 13.6. The number of nitrogens with one attached hydrogen (secondary N) is 10. The summed E-state index contributed by atoms with van der Waals surface area (Å²) in [5.41, 5.74) is 22.6. The minimum atomic E-state index is -2.60. The first-order valence-corrected chi connectivity index (χ1v) is 32.1. The van der Waals surface area contributed by atoms with Gasteiger partial charge in [0.25, 0.3) is 0 Å². The van der Waals surface area contributed by atoms with E-state index in [1.165, 1.54) is 70.5 Å². The Morgan fingerprint density at radius 1 is 0.694 bits per heavy atom. The second-order valence-corrected chi connectivity index (χ2v) is 26.0. The Balaban J connectivity index is 2.49. The van der Waals surface area contributed by atoms with E-state index in [1.807, 2.05) is 31.4 Å². The van der Waals surface area contributed by atoms with Gasteiger partial charge in [-0.15, -0.1) is 0 Å². The summed E-state index contributed by atoms with van der Waals surface area (Å²) in [4.78, 5) is 176. The standard InChI is InChI=1S/C64H101N15O19/c1-13-32(6)44-58(91)77-45(33(7)81)57(90)70-28-43(82)75-47(50(84)52(66)85)60(93)74-40(29-80)62(95)98-51(35-18-15-14-16-19-35)48(79-56(89)39(72-53(86)36(65)27-64(8,9)10)25-34-21-22-41(96-11)42(26-34)97-12)61(94)78-46(49(83)31(4)5)59(92)73-38(24-30(2)3)55(88)71-37(54(87)76-44)20-17-23-69-63(67)68/h14-16,18-19,21-22,26,30-33,36-40,44-51,80-81,83-84H,13,17,20,23-25,27-29,65H2,1-12H3,(H2,66,85)(H,70,90)(H,71,88)(H,72,86)(H,73,92)(H,74,93)(H,75,82)(H,76,87)(H,77,91)(H,78,94)(H,79,89)(H4,67,68,69)/t32-,33-,36+,37+,38-,39-,40-,44-,45-,46-,47-,48-,49+,50-,51+/m0/s1. The largest absolute Gasteiger partial charge is 0.493 e. The fourth-order valence-corrected chi connectivity index (χ4v) is 10.1. The van der Waals surface area contributed by atoms with Crippen LogP contribution in [0.25, 0.3) is 0 Å². The van der Waals surface area contributed by atoms with Crippen LogP contribution in [0.1, 0.15) is 119 Å². The number of nitrogens with two attached hydrogens (primary N) is 4. The second kappa shape index (κ2) is 39.2. The van der Waals surface area contributed by atoms with Crippen molar-refractivity contribution in [1.29, 1.82) is 0 Å². The molecule has 0 spiro atoms. The molecule has 0 aromatic heterocycles. The molecule has 0 saturated carbocycles. The van der Waals surface area contributed by atoms with Gasteiger partial charge in [0.15, 0.2) is 35.7 Å². The van der Waals surface area contributed by atoms with Gasteiger partial charge in [0, 0.05) is 13.0 Å². The molecule has 34 nitrogen and oxygen atoms in total. The number of primary amides is 1. The monoisotopic (exact) mass is 1380 g/mol. The summed E-state index contributed by atoms with van der Waals surface area (Å²) >= 11 is 0. The molecule has 22 N–H and O–H groups in total. The number of carbonyl (C=O) groups excluding carboxylic acids is 12. The molecule has 1 aliphatic heterocycles. The molecule has 0 radical (unpaired) electrons. The Bertz CT molecular complexity index is 3110. The number of hydrogen-bond donors (Lipinski definition) is 18. The Labute approximate surface area is 569 Å². The van der Waals surface area contributed by atoms with Crippen molar-refractivity contribution in [3.05, 3.63) is 59.7 Å². The highest BCUT2D eigenvalue weighted by molar-refractivity contribution is 6.00. The topological polar surface area (TPSA) is 550 Å². The number of hydrogen-bond acceptors (Lipinski definition) is 21. The first-order valence-electron chi connectivity index (χ1n) is 32.1. The lowest BCUT2D eigenvalue weighted by Crippen LogP contribution is -2.64. The van der Waals surface area contributed by atoms with Crippen molar-refractivity contribution >= 4 is 76.9 Å². The summed E-state index contributed by atoms with van der Waals surface area (Å²) in [7, 11) is 2.74. The maximum Gasteiger partial charge on any atom is 0.331 e. The van der Waals surface area contributed by atoms with Gasteiger partial charge in [0.2, 0.25) is 65.0 Å². The van der Waals surface area contributed by atoms with Gasteiger partial charge >= 0.3 is 5.97 Å². The number of esters is 1. The molecule has 1 fully saturated rings. The predicted molar refractivity (Wildman–Crippen MR) is 355 cm³/mol. The third-order valence-electron chi connectivity index (χ3n) is 15.7. The number of aliphatic hydroxyl groups excluding tert-OH is 4. The molecule has 15 atom stereocenters. The maximum atomic E-state index is 15.6. The number of ether oxygens (including phenoxy) is 3. The van der Waals surface area contributed by atoms with E-state index in [4.69, 9.17) is 37.1 Å². The van der Waals surface area contributed by atoms with Crippen molar-refractivity contribution in [2.24, 2.45) is 51.1 Å². The lowest BCUT2D eigenvalue weighted by atomic mass is 9.88. The molecule has 1 heterocycles. The van der Waals surface area contributed by atoms with E-state index in [0.717, 1.165) is 6.92 Å². The van der Waals surface area contributed by atoms with Gasteiger partial charge in [-0.05, 0) is 79.0 Å². The smallest absolute Gasteiger partial charge is 0.331 e. The number of aliphatic hydroxyl groups is 4. The number of aliphatic imine (C=N–C) groups is 1.